The van der Waals surface area contributed by atoms with Crippen LogP contribution in [0.5, 0.6) is 0 Å². The van der Waals surface area contributed by atoms with Gasteiger partial charge in [0.25, 0.3) is 0 Å². The summed E-state index contributed by atoms with van der Waals surface area (Å²) in [6.07, 6.45) is 0. The predicted molar refractivity (Wildman–Crippen MR) is 56.9 cm³/mol. The number of ether oxygens (including phenoxy) is 1. The SMILES string of the molecule is COCCN(C)c1cc(C)nc(Cl)n1. The maximum atomic E-state index is 5.75. The van der Waals surface area contributed by atoms with E-state index in [9.17, 15) is 0 Å². The summed E-state index contributed by atoms with van der Waals surface area (Å²) >= 11 is 5.75. The average molecular weight is 216 g/mol. The van der Waals surface area contributed by atoms with Crippen molar-refractivity contribution in [3.8, 4) is 0 Å². The normalized spacial score (nSPS) is 10.3. The Kier molecular flexibility index (Phi) is 4.10. The molecular formula is C9H14ClN3O. The van der Waals surface area contributed by atoms with E-state index in [-0.39, 0.29) is 5.28 Å². The lowest BCUT2D eigenvalue weighted by Gasteiger charge is -2.17. The number of methoxy groups -OCH3 is 1. The molecule has 0 aliphatic heterocycles. The third kappa shape index (κ3) is 3.12. The van der Waals surface area contributed by atoms with E-state index in [1.54, 1.807) is 7.11 Å². The van der Waals surface area contributed by atoms with Gasteiger partial charge in [-0.1, -0.05) is 0 Å². The van der Waals surface area contributed by atoms with Crippen LogP contribution in [0, 0.1) is 6.92 Å². The molecule has 0 atom stereocenters. The van der Waals surface area contributed by atoms with Crippen molar-refractivity contribution in [2.75, 3.05) is 32.2 Å². The van der Waals surface area contributed by atoms with Crippen LogP contribution in [0.25, 0.3) is 0 Å². The molecule has 0 aliphatic rings. The number of anilines is 1. The molecule has 0 saturated carbocycles. The summed E-state index contributed by atoms with van der Waals surface area (Å²) < 4.78 is 4.98. The van der Waals surface area contributed by atoms with Crippen LogP contribution in [0.1, 0.15) is 5.69 Å². The Balaban J connectivity index is 2.73. The fraction of sp³-hybridized carbons (Fsp3) is 0.556. The molecule has 0 saturated heterocycles. The molecular weight excluding hydrogens is 202 g/mol. The first kappa shape index (κ1) is 11.2. The van der Waals surface area contributed by atoms with Crippen LogP contribution in [0.2, 0.25) is 5.28 Å². The van der Waals surface area contributed by atoms with Crippen LogP contribution in [-0.4, -0.2) is 37.3 Å². The van der Waals surface area contributed by atoms with E-state index in [1.165, 1.54) is 0 Å². The lowest BCUT2D eigenvalue weighted by atomic mass is 10.4. The van der Waals surface area contributed by atoms with Gasteiger partial charge in [-0.15, -0.1) is 0 Å². The molecule has 0 aromatic carbocycles. The van der Waals surface area contributed by atoms with Crippen molar-refractivity contribution in [2.24, 2.45) is 0 Å². The molecule has 1 rings (SSSR count). The smallest absolute Gasteiger partial charge is 0.224 e. The first-order chi connectivity index (χ1) is 6.63. The van der Waals surface area contributed by atoms with Gasteiger partial charge in [0.05, 0.1) is 6.61 Å². The van der Waals surface area contributed by atoms with E-state index in [1.807, 2.05) is 24.9 Å². The summed E-state index contributed by atoms with van der Waals surface area (Å²) in [7, 11) is 3.61. The minimum atomic E-state index is 0.282. The number of hydrogen-bond acceptors (Lipinski definition) is 4. The lowest BCUT2D eigenvalue weighted by molar-refractivity contribution is 0.206. The maximum absolute atomic E-state index is 5.75. The molecule has 5 heteroatoms. The summed E-state index contributed by atoms with van der Waals surface area (Å²) in [5.41, 5.74) is 0.865. The van der Waals surface area contributed by atoms with E-state index in [0.29, 0.717) is 6.61 Å². The largest absolute Gasteiger partial charge is 0.383 e. The molecule has 0 aliphatic carbocycles. The van der Waals surface area contributed by atoms with Crippen LogP contribution in [0.4, 0.5) is 5.82 Å². The molecule has 1 aromatic heterocycles. The van der Waals surface area contributed by atoms with Crippen LogP contribution >= 0.6 is 11.6 Å². The van der Waals surface area contributed by atoms with Crippen molar-refractivity contribution in [1.82, 2.24) is 9.97 Å². The van der Waals surface area contributed by atoms with Crippen molar-refractivity contribution in [3.63, 3.8) is 0 Å². The Morgan fingerprint density at radius 2 is 2.21 bits per heavy atom. The van der Waals surface area contributed by atoms with Gasteiger partial charge in [0.1, 0.15) is 5.82 Å². The number of aromatic nitrogens is 2. The summed E-state index contributed by atoms with van der Waals surface area (Å²) in [5.74, 6) is 0.819. The highest BCUT2D eigenvalue weighted by Crippen LogP contribution is 2.12. The van der Waals surface area contributed by atoms with Gasteiger partial charge < -0.3 is 9.64 Å². The summed E-state index contributed by atoms with van der Waals surface area (Å²) in [4.78, 5) is 10.1. The van der Waals surface area contributed by atoms with E-state index < -0.39 is 0 Å². The zero-order chi connectivity index (χ0) is 10.6. The van der Waals surface area contributed by atoms with Gasteiger partial charge in [-0.25, -0.2) is 9.97 Å². The highest BCUT2D eigenvalue weighted by atomic mass is 35.5. The van der Waals surface area contributed by atoms with Crippen LogP contribution in [0.3, 0.4) is 0 Å². The van der Waals surface area contributed by atoms with Crippen LogP contribution in [0.15, 0.2) is 6.07 Å². The molecule has 78 valence electrons. The van der Waals surface area contributed by atoms with Crippen LogP contribution < -0.4 is 4.90 Å². The molecule has 0 unspecified atom stereocenters. The first-order valence-electron chi connectivity index (χ1n) is 4.34. The second kappa shape index (κ2) is 5.12. The molecule has 1 aromatic rings. The Labute approximate surface area is 88.9 Å². The zero-order valence-electron chi connectivity index (χ0n) is 8.62. The third-order valence-electron chi connectivity index (χ3n) is 1.84. The van der Waals surface area contributed by atoms with Gasteiger partial charge in [0, 0.05) is 32.5 Å². The minimum absolute atomic E-state index is 0.282. The van der Waals surface area contributed by atoms with Crippen molar-refractivity contribution in [2.45, 2.75) is 6.92 Å². The summed E-state index contributed by atoms with van der Waals surface area (Å²) in [6, 6.07) is 1.89. The Morgan fingerprint density at radius 1 is 1.50 bits per heavy atom. The highest BCUT2D eigenvalue weighted by Gasteiger charge is 2.04. The monoisotopic (exact) mass is 215 g/mol. The first-order valence-corrected chi connectivity index (χ1v) is 4.72. The zero-order valence-corrected chi connectivity index (χ0v) is 9.38. The third-order valence-corrected chi connectivity index (χ3v) is 2.00. The average Bonchev–Trinajstić information content (AvgIpc) is 2.12. The molecule has 0 bridgehead atoms. The predicted octanol–water partition coefficient (Wildman–Crippen LogP) is 1.52. The summed E-state index contributed by atoms with van der Waals surface area (Å²) in [5, 5.41) is 0.282. The molecule has 0 fully saturated rings. The molecule has 0 radical (unpaired) electrons. The summed E-state index contributed by atoms with van der Waals surface area (Å²) in [6.45, 7) is 3.33. The number of halogens is 1. The van der Waals surface area contributed by atoms with Gasteiger partial charge >= 0.3 is 0 Å². The molecule has 14 heavy (non-hydrogen) atoms. The number of hydrogen-bond donors (Lipinski definition) is 0. The second-order valence-electron chi connectivity index (χ2n) is 3.05. The number of nitrogens with zero attached hydrogens (tertiary/aromatic N) is 3. The van der Waals surface area contributed by atoms with Gasteiger partial charge in [0.2, 0.25) is 5.28 Å². The number of rotatable bonds is 4. The Bertz CT molecular complexity index is 286. The van der Waals surface area contributed by atoms with E-state index in [0.717, 1.165) is 18.1 Å². The standard InChI is InChI=1S/C9H14ClN3O/c1-7-6-8(12-9(10)11-7)13(2)4-5-14-3/h6H,4-5H2,1-3H3. The highest BCUT2D eigenvalue weighted by molar-refractivity contribution is 6.28. The van der Waals surface area contributed by atoms with Crippen molar-refractivity contribution in [3.05, 3.63) is 17.0 Å². The van der Waals surface area contributed by atoms with Crippen molar-refractivity contribution in [1.29, 1.82) is 0 Å². The molecule has 0 amide bonds. The van der Waals surface area contributed by atoms with Crippen LogP contribution in [-0.2, 0) is 4.74 Å². The number of aryl methyl sites for hydroxylation is 1. The maximum Gasteiger partial charge on any atom is 0.224 e. The fourth-order valence-electron chi connectivity index (χ4n) is 1.05. The minimum Gasteiger partial charge on any atom is -0.383 e. The molecule has 0 N–H and O–H groups in total. The lowest BCUT2D eigenvalue weighted by Crippen LogP contribution is -2.23. The van der Waals surface area contributed by atoms with Crippen molar-refractivity contribution < 1.29 is 4.74 Å². The topological polar surface area (TPSA) is 38.2 Å². The molecule has 4 nitrogen and oxygen atoms in total. The van der Waals surface area contributed by atoms with Crippen molar-refractivity contribution >= 4 is 17.4 Å². The van der Waals surface area contributed by atoms with E-state index >= 15 is 0 Å². The molecule has 0 spiro atoms. The van der Waals surface area contributed by atoms with Gasteiger partial charge in [-0.2, -0.15) is 0 Å². The molecule has 1 heterocycles. The Hall–Kier alpha value is -0.870. The van der Waals surface area contributed by atoms with E-state index in [2.05, 4.69) is 9.97 Å². The van der Waals surface area contributed by atoms with Gasteiger partial charge in [0.15, 0.2) is 0 Å². The fourth-order valence-corrected chi connectivity index (χ4v) is 1.27. The Morgan fingerprint density at radius 3 is 2.79 bits per heavy atom. The number of likely N-dealkylation sites (N-methyl/N-ethyl adjacent to an activating group) is 1. The van der Waals surface area contributed by atoms with E-state index in [4.69, 9.17) is 16.3 Å². The quantitative estimate of drug-likeness (QED) is 0.714. The van der Waals surface area contributed by atoms with Gasteiger partial charge in [-0.3, -0.25) is 0 Å². The van der Waals surface area contributed by atoms with Gasteiger partial charge in [-0.05, 0) is 18.5 Å². The second-order valence-corrected chi connectivity index (χ2v) is 3.39.